The van der Waals surface area contributed by atoms with E-state index in [1.165, 1.54) is 11.8 Å². The van der Waals surface area contributed by atoms with Gasteiger partial charge in [-0.05, 0) is 18.2 Å². The largest absolute Gasteiger partial charge is 0.395 e. The van der Waals surface area contributed by atoms with E-state index in [1.54, 1.807) is 0 Å². The molecule has 0 aliphatic carbocycles. The summed E-state index contributed by atoms with van der Waals surface area (Å²) in [5.41, 5.74) is 6.19. The van der Waals surface area contributed by atoms with E-state index in [-0.39, 0.29) is 17.7 Å². The lowest BCUT2D eigenvalue weighted by Gasteiger charge is -2.11. The minimum atomic E-state index is 0.0453. The van der Waals surface area contributed by atoms with Crippen molar-refractivity contribution in [2.24, 2.45) is 5.73 Å². The van der Waals surface area contributed by atoms with Crippen molar-refractivity contribution in [1.29, 1.82) is 5.41 Å². The molecule has 0 saturated heterocycles. The van der Waals surface area contributed by atoms with Crippen LogP contribution in [0.4, 0.5) is 0 Å². The number of halogens is 1. The molecule has 0 saturated carbocycles. The second-order valence-electron chi connectivity index (χ2n) is 3.17. The molecule has 0 aliphatic rings. The molecule has 0 aliphatic heterocycles. The standard InChI is InChI=1S/C10H13BrN2OS/c1-6(5-14)15-9-3-2-7(11)4-8(9)10(12)13/h2-4,6,14H,5H2,1H3,(H3,12,13). The quantitative estimate of drug-likeness (QED) is 0.452. The van der Waals surface area contributed by atoms with Crippen molar-refractivity contribution < 1.29 is 5.11 Å². The molecule has 0 heterocycles. The Bertz CT molecular complexity index is 370. The van der Waals surface area contributed by atoms with Gasteiger partial charge in [0.1, 0.15) is 5.84 Å². The number of thioether (sulfide) groups is 1. The summed E-state index contributed by atoms with van der Waals surface area (Å²) >= 11 is 4.85. The number of amidine groups is 1. The van der Waals surface area contributed by atoms with Gasteiger partial charge in [0.15, 0.2) is 0 Å². The fourth-order valence-electron chi connectivity index (χ4n) is 1.07. The molecule has 4 N–H and O–H groups in total. The number of aliphatic hydroxyl groups is 1. The van der Waals surface area contributed by atoms with Crippen LogP contribution in [0.25, 0.3) is 0 Å². The Morgan fingerprint density at radius 2 is 2.33 bits per heavy atom. The maximum absolute atomic E-state index is 8.97. The highest BCUT2D eigenvalue weighted by atomic mass is 79.9. The molecular weight excluding hydrogens is 276 g/mol. The first-order chi connectivity index (χ1) is 7.04. The summed E-state index contributed by atoms with van der Waals surface area (Å²) in [7, 11) is 0. The minimum absolute atomic E-state index is 0.0453. The molecule has 0 fully saturated rings. The molecule has 3 nitrogen and oxygen atoms in total. The van der Waals surface area contributed by atoms with Crippen LogP contribution in [-0.2, 0) is 0 Å². The topological polar surface area (TPSA) is 70.1 Å². The van der Waals surface area contributed by atoms with Gasteiger partial charge < -0.3 is 10.8 Å². The lowest BCUT2D eigenvalue weighted by molar-refractivity contribution is 0.300. The van der Waals surface area contributed by atoms with E-state index >= 15 is 0 Å². The zero-order valence-corrected chi connectivity index (χ0v) is 10.7. The average Bonchev–Trinajstić information content (AvgIpc) is 2.20. The summed E-state index contributed by atoms with van der Waals surface area (Å²) in [5.74, 6) is 0.0453. The number of hydrogen-bond donors (Lipinski definition) is 3. The van der Waals surface area contributed by atoms with Crippen molar-refractivity contribution in [2.75, 3.05) is 6.61 Å². The molecule has 1 rings (SSSR count). The Labute approximate surface area is 102 Å². The van der Waals surface area contributed by atoms with Crippen LogP contribution in [0, 0.1) is 5.41 Å². The van der Waals surface area contributed by atoms with Gasteiger partial charge in [-0.3, -0.25) is 5.41 Å². The summed E-state index contributed by atoms with van der Waals surface area (Å²) < 4.78 is 0.897. The van der Waals surface area contributed by atoms with Crippen molar-refractivity contribution in [1.82, 2.24) is 0 Å². The second kappa shape index (κ2) is 5.53. The molecule has 1 aromatic rings. The van der Waals surface area contributed by atoms with Crippen LogP contribution in [0.1, 0.15) is 12.5 Å². The Balaban J connectivity index is 3.01. The number of nitrogens with two attached hydrogens (primary N) is 1. The molecule has 15 heavy (non-hydrogen) atoms. The summed E-state index contributed by atoms with van der Waals surface area (Å²) in [5, 5.41) is 16.5. The highest BCUT2D eigenvalue weighted by Gasteiger charge is 2.10. The van der Waals surface area contributed by atoms with Crippen molar-refractivity contribution in [3.8, 4) is 0 Å². The lowest BCUT2D eigenvalue weighted by Crippen LogP contribution is -2.13. The lowest BCUT2D eigenvalue weighted by atomic mass is 10.2. The average molecular weight is 289 g/mol. The molecular formula is C10H13BrN2OS. The third-order valence-corrected chi connectivity index (χ3v) is 3.47. The smallest absolute Gasteiger partial charge is 0.123 e. The van der Waals surface area contributed by atoms with Crippen LogP contribution >= 0.6 is 27.7 Å². The van der Waals surface area contributed by atoms with Gasteiger partial charge in [0.25, 0.3) is 0 Å². The zero-order chi connectivity index (χ0) is 11.4. The third-order valence-electron chi connectivity index (χ3n) is 1.82. The summed E-state index contributed by atoms with van der Waals surface area (Å²) in [6.07, 6.45) is 0. The van der Waals surface area contributed by atoms with E-state index in [0.717, 1.165) is 9.37 Å². The van der Waals surface area contributed by atoms with Gasteiger partial charge in [0.2, 0.25) is 0 Å². The van der Waals surface area contributed by atoms with Crippen molar-refractivity contribution in [3.05, 3.63) is 28.2 Å². The predicted octanol–water partition coefficient (Wildman–Crippen LogP) is 2.21. The van der Waals surface area contributed by atoms with E-state index in [1.807, 2.05) is 25.1 Å². The van der Waals surface area contributed by atoms with Crippen molar-refractivity contribution >= 4 is 33.5 Å². The molecule has 0 amide bonds. The summed E-state index contributed by atoms with van der Waals surface area (Å²) in [6.45, 7) is 2.04. The van der Waals surface area contributed by atoms with Crippen LogP contribution in [0.2, 0.25) is 0 Å². The van der Waals surface area contributed by atoms with E-state index < -0.39 is 0 Å². The monoisotopic (exact) mass is 288 g/mol. The van der Waals surface area contributed by atoms with Crippen molar-refractivity contribution in [2.45, 2.75) is 17.1 Å². The van der Waals surface area contributed by atoms with Crippen LogP contribution in [-0.4, -0.2) is 22.8 Å². The van der Waals surface area contributed by atoms with E-state index in [4.69, 9.17) is 16.2 Å². The maximum Gasteiger partial charge on any atom is 0.123 e. The minimum Gasteiger partial charge on any atom is -0.395 e. The van der Waals surface area contributed by atoms with Crippen LogP contribution in [0.3, 0.4) is 0 Å². The van der Waals surface area contributed by atoms with Gasteiger partial charge in [-0.2, -0.15) is 0 Å². The predicted molar refractivity (Wildman–Crippen MR) is 67.6 cm³/mol. The highest BCUT2D eigenvalue weighted by molar-refractivity contribution is 9.10. The molecule has 82 valence electrons. The van der Waals surface area contributed by atoms with Gasteiger partial charge in [-0.1, -0.05) is 22.9 Å². The number of rotatable bonds is 4. The normalized spacial score (nSPS) is 12.5. The molecule has 5 heteroatoms. The maximum atomic E-state index is 8.97. The molecule has 1 unspecified atom stereocenters. The van der Waals surface area contributed by atoms with Gasteiger partial charge in [0.05, 0.1) is 6.61 Å². The Morgan fingerprint density at radius 1 is 1.67 bits per heavy atom. The molecule has 1 aromatic carbocycles. The van der Waals surface area contributed by atoms with Gasteiger partial charge in [0, 0.05) is 20.2 Å². The first-order valence-corrected chi connectivity index (χ1v) is 6.13. The van der Waals surface area contributed by atoms with E-state index in [2.05, 4.69) is 15.9 Å². The number of nitrogens with one attached hydrogen (secondary N) is 1. The Kier molecular flexibility index (Phi) is 4.63. The van der Waals surface area contributed by atoms with E-state index in [9.17, 15) is 0 Å². The Hall–Kier alpha value is -0.520. The Morgan fingerprint density at radius 3 is 2.87 bits per heavy atom. The number of aliphatic hydroxyl groups excluding tert-OH is 1. The fraction of sp³-hybridized carbons (Fsp3) is 0.300. The van der Waals surface area contributed by atoms with Gasteiger partial charge >= 0.3 is 0 Å². The number of nitrogen functional groups attached to an aromatic ring is 1. The number of benzene rings is 1. The van der Waals surface area contributed by atoms with Crippen LogP contribution in [0.5, 0.6) is 0 Å². The molecule has 0 bridgehead atoms. The SMILES string of the molecule is CC(CO)Sc1ccc(Br)cc1C(=N)N. The van der Waals surface area contributed by atoms with Gasteiger partial charge in [-0.25, -0.2) is 0 Å². The van der Waals surface area contributed by atoms with E-state index in [0.29, 0.717) is 5.56 Å². The van der Waals surface area contributed by atoms with Crippen LogP contribution < -0.4 is 5.73 Å². The first kappa shape index (κ1) is 12.5. The van der Waals surface area contributed by atoms with Crippen molar-refractivity contribution in [3.63, 3.8) is 0 Å². The number of hydrogen-bond acceptors (Lipinski definition) is 3. The summed E-state index contributed by atoms with van der Waals surface area (Å²) in [4.78, 5) is 0.923. The summed E-state index contributed by atoms with van der Waals surface area (Å²) in [6, 6.07) is 5.62. The molecule has 0 spiro atoms. The molecule has 1 atom stereocenters. The molecule has 0 aromatic heterocycles. The third kappa shape index (κ3) is 3.52. The van der Waals surface area contributed by atoms with Crippen LogP contribution in [0.15, 0.2) is 27.6 Å². The molecule has 0 radical (unpaired) electrons. The zero-order valence-electron chi connectivity index (χ0n) is 8.33. The van der Waals surface area contributed by atoms with Gasteiger partial charge in [-0.15, -0.1) is 11.8 Å². The fourth-order valence-corrected chi connectivity index (χ4v) is 2.38. The first-order valence-electron chi connectivity index (χ1n) is 4.46. The highest BCUT2D eigenvalue weighted by Crippen LogP contribution is 2.28. The second-order valence-corrected chi connectivity index (χ2v) is 5.56.